The van der Waals surface area contributed by atoms with E-state index in [2.05, 4.69) is 11.4 Å². The van der Waals surface area contributed by atoms with Crippen LogP contribution in [0.5, 0.6) is 0 Å². The first-order chi connectivity index (χ1) is 9.69. The highest BCUT2D eigenvalue weighted by atomic mass is 16.3. The van der Waals surface area contributed by atoms with Gasteiger partial charge in [-0.1, -0.05) is 49.1 Å². The second kappa shape index (κ2) is 7.44. The summed E-state index contributed by atoms with van der Waals surface area (Å²) in [6.45, 7) is 2.21. The SMILES string of the molecule is Cc1cccc(CC(=O)NC2CCCCCC2CO)c1. The minimum Gasteiger partial charge on any atom is -0.396 e. The van der Waals surface area contributed by atoms with E-state index in [1.165, 1.54) is 12.0 Å². The van der Waals surface area contributed by atoms with Gasteiger partial charge in [0.15, 0.2) is 0 Å². The third-order valence-corrected chi connectivity index (χ3v) is 4.19. The quantitative estimate of drug-likeness (QED) is 0.830. The first-order valence-corrected chi connectivity index (χ1v) is 7.65. The molecule has 1 amide bonds. The Kier molecular flexibility index (Phi) is 5.60. The number of aliphatic hydroxyl groups excluding tert-OH is 1. The maximum Gasteiger partial charge on any atom is 0.224 e. The molecule has 20 heavy (non-hydrogen) atoms. The molecule has 1 fully saturated rings. The van der Waals surface area contributed by atoms with Crippen molar-refractivity contribution in [2.45, 2.75) is 51.5 Å². The zero-order chi connectivity index (χ0) is 14.4. The molecule has 0 aromatic heterocycles. The average molecular weight is 275 g/mol. The number of nitrogens with one attached hydrogen (secondary N) is 1. The summed E-state index contributed by atoms with van der Waals surface area (Å²) in [7, 11) is 0. The molecular formula is C17H25NO2. The highest BCUT2D eigenvalue weighted by Gasteiger charge is 2.24. The molecule has 0 radical (unpaired) electrons. The van der Waals surface area contributed by atoms with E-state index in [9.17, 15) is 9.90 Å². The van der Waals surface area contributed by atoms with Crippen LogP contribution in [0.2, 0.25) is 0 Å². The second-order valence-corrected chi connectivity index (χ2v) is 5.92. The third kappa shape index (κ3) is 4.34. The van der Waals surface area contributed by atoms with Crippen LogP contribution in [0.15, 0.2) is 24.3 Å². The Hall–Kier alpha value is -1.35. The van der Waals surface area contributed by atoms with E-state index in [1.807, 2.05) is 25.1 Å². The molecule has 0 heterocycles. The largest absolute Gasteiger partial charge is 0.396 e. The predicted octanol–water partition coefficient (Wildman–Crippen LogP) is 2.59. The molecule has 2 rings (SSSR count). The van der Waals surface area contributed by atoms with E-state index in [4.69, 9.17) is 0 Å². The van der Waals surface area contributed by atoms with Crippen LogP contribution in [-0.4, -0.2) is 23.7 Å². The molecule has 1 aliphatic rings. The van der Waals surface area contributed by atoms with Gasteiger partial charge in [-0.2, -0.15) is 0 Å². The summed E-state index contributed by atoms with van der Waals surface area (Å²) in [5.41, 5.74) is 2.23. The average Bonchev–Trinajstić information content (AvgIpc) is 2.63. The van der Waals surface area contributed by atoms with Crippen LogP contribution < -0.4 is 5.32 Å². The van der Waals surface area contributed by atoms with Crippen LogP contribution in [0.25, 0.3) is 0 Å². The lowest BCUT2D eigenvalue weighted by molar-refractivity contribution is -0.121. The lowest BCUT2D eigenvalue weighted by Crippen LogP contribution is -2.41. The van der Waals surface area contributed by atoms with Gasteiger partial charge in [-0.25, -0.2) is 0 Å². The van der Waals surface area contributed by atoms with Crippen LogP contribution in [0.1, 0.15) is 43.2 Å². The van der Waals surface area contributed by atoms with Gasteiger partial charge in [-0.15, -0.1) is 0 Å². The normalized spacial score (nSPS) is 23.1. The van der Waals surface area contributed by atoms with Gasteiger partial charge in [0.1, 0.15) is 0 Å². The summed E-state index contributed by atoms with van der Waals surface area (Å²) in [6.07, 6.45) is 5.95. The summed E-state index contributed by atoms with van der Waals surface area (Å²) in [5.74, 6) is 0.292. The monoisotopic (exact) mass is 275 g/mol. The summed E-state index contributed by atoms with van der Waals surface area (Å²) >= 11 is 0. The summed E-state index contributed by atoms with van der Waals surface area (Å²) in [5, 5.41) is 12.6. The van der Waals surface area contributed by atoms with Crippen LogP contribution in [0, 0.1) is 12.8 Å². The van der Waals surface area contributed by atoms with Crippen molar-refractivity contribution < 1.29 is 9.90 Å². The molecule has 2 N–H and O–H groups in total. The molecular weight excluding hydrogens is 250 g/mol. The van der Waals surface area contributed by atoms with Gasteiger partial charge >= 0.3 is 0 Å². The van der Waals surface area contributed by atoms with Crippen molar-refractivity contribution in [3.05, 3.63) is 35.4 Å². The molecule has 110 valence electrons. The summed E-state index contributed by atoms with van der Waals surface area (Å²) in [6, 6.07) is 8.20. The van der Waals surface area contributed by atoms with E-state index in [0.29, 0.717) is 6.42 Å². The van der Waals surface area contributed by atoms with Gasteiger partial charge in [0.2, 0.25) is 5.91 Å². The standard InChI is InChI=1S/C17H25NO2/c1-13-6-5-7-14(10-13)11-17(20)18-16-9-4-2-3-8-15(16)12-19/h5-7,10,15-16,19H,2-4,8-9,11-12H2,1H3,(H,18,20). The zero-order valence-corrected chi connectivity index (χ0v) is 12.3. The molecule has 0 aliphatic heterocycles. The second-order valence-electron chi connectivity index (χ2n) is 5.92. The van der Waals surface area contributed by atoms with Gasteiger partial charge in [-0.05, 0) is 25.3 Å². The van der Waals surface area contributed by atoms with E-state index in [1.54, 1.807) is 0 Å². The molecule has 0 spiro atoms. The Labute approximate surface area is 121 Å². The van der Waals surface area contributed by atoms with E-state index in [0.717, 1.165) is 31.2 Å². The Morgan fingerprint density at radius 3 is 2.85 bits per heavy atom. The van der Waals surface area contributed by atoms with Gasteiger partial charge in [0.05, 0.1) is 6.42 Å². The minimum atomic E-state index is 0.0703. The molecule has 2 unspecified atom stereocenters. The number of aryl methyl sites for hydroxylation is 1. The highest BCUT2D eigenvalue weighted by Crippen LogP contribution is 2.23. The summed E-state index contributed by atoms with van der Waals surface area (Å²) in [4.78, 5) is 12.2. The topological polar surface area (TPSA) is 49.3 Å². The maximum atomic E-state index is 12.2. The van der Waals surface area contributed by atoms with E-state index in [-0.39, 0.29) is 24.5 Å². The molecule has 3 nitrogen and oxygen atoms in total. The first-order valence-electron chi connectivity index (χ1n) is 7.65. The van der Waals surface area contributed by atoms with Crippen molar-refractivity contribution in [1.29, 1.82) is 0 Å². The minimum absolute atomic E-state index is 0.0703. The van der Waals surface area contributed by atoms with Crippen molar-refractivity contribution in [3.8, 4) is 0 Å². The molecule has 1 saturated carbocycles. The highest BCUT2D eigenvalue weighted by molar-refractivity contribution is 5.78. The number of hydrogen-bond donors (Lipinski definition) is 2. The summed E-state index contributed by atoms with van der Waals surface area (Å²) < 4.78 is 0. The van der Waals surface area contributed by atoms with Crippen molar-refractivity contribution in [3.63, 3.8) is 0 Å². The Balaban J connectivity index is 1.92. The number of rotatable bonds is 4. The van der Waals surface area contributed by atoms with Gasteiger partial charge < -0.3 is 10.4 Å². The Bertz CT molecular complexity index is 444. The molecule has 1 aliphatic carbocycles. The zero-order valence-electron chi connectivity index (χ0n) is 12.3. The number of carbonyl (C=O) groups excluding carboxylic acids is 1. The van der Waals surface area contributed by atoms with E-state index >= 15 is 0 Å². The van der Waals surface area contributed by atoms with Gasteiger partial charge in [0.25, 0.3) is 0 Å². The molecule has 0 bridgehead atoms. The lowest BCUT2D eigenvalue weighted by Gasteiger charge is -2.24. The number of carbonyl (C=O) groups is 1. The number of hydrogen-bond acceptors (Lipinski definition) is 2. The Morgan fingerprint density at radius 1 is 1.30 bits per heavy atom. The fraction of sp³-hybridized carbons (Fsp3) is 0.588. The van der Waals surface area contributed by atoms with Crippen molar-refractivity contribution >= 4 is 5.91 Å². The van der Waals surface area contributed by atoms with Crippen LogP contribution >= 0.6 is 0 Å². The molecule has 2 atom stereocenters. The first kappa shape index (κ1) is 15.0. The maximum absolute atomic E-state index is 12.2. The van der Waals surface area contributed by atoms with Crippen LogP contribution in [0.4, 0.5) is 0 Å². The van der Waals surface area contributed by atoms with Crippen molar-refractivity contribution in [2.24, 2.45) is 5.92 Å². The van der Waals surface area contributed by atoms with Crippen LogP contribution in [-0.2, 0) is 11.2 Å². The Morgan fingerprint density at radius 2 is 2.10 bits per heavy atom. The smallest absolute Gasteiger partial charge is 0.224 e. The molecule has 0 saturated heterocycles. The van der Waals surface area contributed by atoms with Gasteiger partial charge in [-0.3, -0.25) is 4.79 Å². The van der Waals surface area contributed by atoms with Crippen molar-refractivity contribution in [1.82, 2.24) is 5.32 Å². The van der Waals surface area contributed by atoms with Crippen LogP contribution in [0.3, 0.4) is 0 Å². The van der Waals surface area contributed by atoms with Gasteiger partial charge in [0, 0.05) is 18.6 Å². The number of aliphatic hydroxyl groups is 1. The molecule has 1 aromatic rings. The fourth-order valence-corrected chi connectivity index (χ4v) is 3.06. The molecule has 3 heteroatoms. The lowest BCUT2D eigenvalue weighted by atomic mass is 9.95. The molecule has 1 aromatic carbocycles. The number of benzene rings is 1. The predicted molar refractivity (Wildman–Crippen MR) is 80.5 cm³/mol. The number of amides is 1. The third-order valence-electron chi connectivity index (χ3n) is 4.19. The van der Waals surface area contributed by atoms with E-state index < -0.39 is 0 Å². The fourth-order valence-electron chi connectivity index (χ4n) is 3.06. The van der Waals surface area contributed by atoms with Crippen molar-refractivity contribution in [2.75, 3.05) is 6.61 Å².